The molecule has 1 rings (SSSR count). The van der Waals surface area contributed by atoms with Crippen LogP contribution in [0, 0.1) is 0 Å². The Morgan fingerprint density at radius 1 is 1.57 bits per heavy atom. The lowest BCUT2D eigenvalue weighted by Crippen LogP contribution is -1.88. The van der Waals surface area contributed by atoms with Gasteiger partial charge in [0.2, 0.25) is 0 Å². The molecule has 14 heavy (non-hydrogen) atoms. The van der Waals surface area contributed by atoms with Gasteiger partial charge in [-0.15, -0.1) is 0 Å². The lowest BCUT2D eigenvalue weighted by Gasteiger charge is -2.03. The highest BCUT2D eigenvalue weighted by Gasteiger charge is 1.99. The van der Waals surface area contributed by atoms with E-state index in [1.165, 1.54) is 0 Å². The van der Waals surface area contributed by atoms with Crippen LogP contribution in [0.1, 0.15) is 18.9 Å². The van der Waals surface area contributed by atoms with Gasteiger partial charge in [-0.05, 0) is 29.7 Å². The first-order valence-electron chi connectivity index (χ1n) is 4.42. The predicted molar refractivity (Wildman–Crippen MR) is 64.5 cm³/mol. The van der Waals surface area contributed by atoms with Crippen LogP contribution in [0.25, 0.3) is 6.08 Å². The fourth-order valence-electron chi connectivity index (χ4n) is 1.10. The molecule has 0 radical (unpaired) electrons. The molecule has 0 aliphatic heterocycles. The molecule has 0 atom stereocenters. The maximum absolute atomic E-state index is 9.02. The first-order valence-corrected chi connectivity index (χ1v) is 5.59. The summed E-state index contributed by atoms with van der Waals surface area (Å²) in [6.07, 6.45) is 2.83. The van der Waals surface area contributed by atoms with Crippen molar-refractivity contribution in [3.8, 4) is 0 Å². The van der Waals surface area contributed by atoms with Crippen molar-refractivity contribution in [2.24, 2.45) is 0 Å². The standard InChI is InChI=1S/C11H12BrClO/c1-2-8(7-14)5-9-3-4-10(13)6-11(9)12/h3-6,14H,2,7H2,1H3/b8-5-. The number of aliphatic hydroxyl groups excluding tert-OH is 1. The van der Waals surface area contributed by atoms with Gasteiger partial charge < -0.3 is 5.11 Å². The van der Waals surface area contributed by atoms with Gasteiger partial charge in [0.25, 0.3) is 0 Å². The number of hydrogen-bond acceptors (Lipinski definition) is 1. The van der Waals surface area contributed by atoms with Gasteiger partial charge in [-0.1, -0.05) is 46.6 Å². The van der Waals surface area contributed by atoms with E-state index in [1.807, 2.05) is 31.2 Å². The Kier molecular flexibility index (Phi) is 4.66. The van der Waals surface area contributed by atoms with Crippen LogP contribution in [0.4, 0.5) is 0 Å². The van der Waals surface area contributed by atoms with Gasteiger partial charge in [-0.2, -0.15) is 0 Å². The Morgan fingerprint density at radius 3 is 2.79 bits per heavy atom. The van der Waals surface area contributed by atoms with Crippen molar-refractivity contribution in [1.29, 1.82) is 0 Å². The molecule has 1 N–H and O–H groups in total. The second-order valence-corrected chi connectivity index (χ2v) is 4.27. The van der Waals surface area contributed by atoms with E-state index in [4.69, 9.17) is 16.7 Å². The van der Waals surface area contributed by atoms with Gasteiger partial charge in [0.05, 0.1) is 6.61 Å². The molecule has 1 nitrogen and oxygen atoms in total. The van der Waals surface area contributed by atoms with Crippen LogP contribution in [0.15, 0.2) is 28.2 Å². The van der Waals surface area contributed by atoms with E-state index in [9.17, 15) is 0 Å². The monoisotopic (exact) mass is 274 g/mol. The van der Waals surface area contributed by atoms with Crippen LogP contribution in [-0.4, -0.2) is 11.7 Å². The van der Waals surface area contributed by atoms with Crippen molar-refractivity contribution in [2.45, 2.75) is 13.3 Å². The van der Waals surface area contributed by atoms with E-state index in [-0.39, 0.29) is 6.61 Å². The molecule has 0 unspecified atom stereocenters. The van der Waals surface area contributed by atoms with E-state index in [0.717, 1.165) is 22.0 Å². The van der Waals surface area contributed by atoms with Crippen molar-refractivity contribution < 1.29 is 5.11 Å². The molecule has 1 aromatic rings. The lowest BCUT2D eigenvalue weighted by atomic mass is 10.1. The molecule has 0 bridgehead atoms. The normalized spacial score (nSPS) is 11.9. The average molecular weight is 276 g/mol. The summed E-state index contributed by atoms with van der Waals surface area (Å²) in [5.41, 5.74) is 2.05. The van der Waals surface area contributed by atoms with Gasteiger partial charge in [-0.25, -0.2) is 0 Å². The molecule has 0 saturated heterocycles. The summed E-state index contributed by atoms with van der Waals surface area (Å²) >= 11 is 9.24. The molecule has 0 aromatic heterocycles. The van der Waals surface area contributed by atoms with Crippen molar-refractivity contribution >= 4 is 33.6 Å². The van der Waals surface area contributed by atoms with Crippen molar-refractivity contribution in [1.82, 2.24) is 0 Å². The van der Waals surface area contributed by atoms with E-state index in [2.05, 4.69) is 15.9 Å². The van der Waals surface area contributed by atoms with Gasteiger partial charge in [0.15, 0.2) is 0 Å². The second kappa shape index (κ2) is 5.54. The second-order valence-electron chi connectivity index (χ2n) is 2.98. The highest BCUT2D eigenvalue weighted by molar-refractivity contribution is 9.10. The molecule has 1 aromatic carbocycles. The molecule has 0 saturated carbocycles. The summed E-state index contributed by atoms with van der Waals surface area (Å²) < 4.78 is 0.949. The highest BCUT2D eigenvalue weighted by Crippen LogP contribution is 2.23. The SMILES string of the molecule is CC/C(=C/c1ccc(Cl)cc1Br)CO. The zero-order valence-electron chi connectivity index (χ0n) is 7.93. The largest absolute Gasteiger partial charge is 0.392 e. The van der Waals surface area contributed by atoms with Crippen LogP contribution in [-0.2, 0) is 0 Å². The third-order valence-corrected chi connectivity index (χ3v) is 2.90. The number of halogens is 2. The molecular formula is C11H12BrClO. The van der Waals surface area contributed by atoms with E-state index in [1.54, 1.807) is 0 Å². The van der Waals surface area contributed by atoms with Gasteiger partial charge in [0.1, 0.15) is 0 Å². The number of aliphatic hydroxyl groups is 1. The lowest BCUT2D eigenvalue weighted by molar-refractivity contribution is 0.329. The first-order chi connectivity index (χ1) is 6.67. The Bertz CT molecular complexity index is 341. The minimum atomic E-state index is 0.103. The molecule has 0 aliphatic rings. The molecule has 0 amide bonds. The third-order valence-electron chi connectivity index (χ3n) is 1.98. The van der Waals surface area contributed by atoms with Crippen LogP contribution < -0.4 is 0 Å². The maximum Gasteiger partial charge on any atom is 0.0644 e. The topological polar surface area (TPSA) is 20.2 Å². The fourth-order valence-corrected chi connectivity index (χ4v) is 1.90. The fraction of sp³-hybridized carbons (Fsp3) is 0.273. The summed E-state index contributed by atoms with van der Waals surface area (Å²) in [6, 6.07) is 5.61. The minimum absolute atomic E-state index is 0.103. The minimum Gasteiger partial charge on any atom is -0.392 e. The zero-order valence-corrected chi connectivity index (χ0v) is 10.3. The quantitative estimate of drug-likeness (QED) is 0.887. The highest BCUT2D eigenvalue weighted by atomic mass is 79.9. The Labute approximate surface area is 97.5 Å². The molecule has 76 valence electrons. The average Bonchev–Trinajstić information content (AvgIpc) is 2.17. The number of hydrogen-bond donors (Lipinski definition) is 1. The van der Waals surface area contributed by atoms with Crippen molar-refractivity contribution in [2.75, 3.05) is 6.61 Å². The van der Waals surface area contributed by atoms with Crippen LogP contribution in [0.2, 0.25) is 5.02 Å². The summed E-state index contributed by atoms with van der Waals surface area (Å²) in [7, 11) is 0. The summed E-state index contributed by atoms with van der Waals surface area (Å²) in [4.78, 5) is 0. The molecule has 0 heterocycles. The van der Waals surface area contributed by atoms with Gasteiger partial charge >= 0.3 is 0 Å². The Balaban J connectivity index is 3.02. The van der Waals surface area contributed by atoms with E-state index < -0.39 is 0 Å². The molecule has 3 heteroatoms. The molecule has 0 fully saturated rings. The summed E-state index contributed by atoms with van der Waals surface area (Å²) in [5, 5.41) is 9.73. The first kappa shape index (κ1) is 11.8. The summed E-state index contributed by atoms with van der Waals surface area (Å²) in [5.74, 6) is 0. The van der Waals surface area contributed by atoms with Gasteiger partial charge in [0, 0.05) is 9.50 Å². The zero-order chi connectivity index (χ0) is 10.6. The van der Waals surface area contributed by atoms with E-state index in [0.29, 0.717) is 5.02 Å². The molecule has 0 aliphatic carbocycles. The maximum atomic E-state index is 9.02. The van der Waals surface area contributed by atoms with Crippen molar-refractivity contribution in [3.05, 3.63) is 38.8 Å². The number of rotatable bonds is 3. The van der Waals surface area contributed by atoms with Crippen LogP contribution in [0.3, 0.4) is 0 Å². The Hall–Kier alpha value is -0.310. The van der Waals surface area contributed by atoms with Crippen molar-refractivity contribution in [3.63, 3.8) is 0 Å². The molecular weight excluding hydrogens is 263 g/mol. The smallest absolute Gasteiger partial charge is 0.0644 e. The Morgan fingerprint density at radius 2 is 2.29 bits per heavy atom. The third kappa shape index (κ3) is 3.12. The van der Waals surface area contributed by atoms with Gasteiger partial charge in [-0.3, -0.25) is 0 Å². The van der Waals surface area contributed by atoms with Crippen LogP contribution in [0.5, 0.6) is 0 Å². The van der Waals surface area contributed by atoms with Crippen LogP contribution >= 0.6 is 27.5 Å². The summed E-state index contributed by atoms with van der Waals surface area (Å²) in [6.45, 7) is 2.12. The predicted octanol–water partition coefficient (Wildman–Crippen LogP) is 3.89. The van der Waals surface area contributed by atoms with E-state index >= 15 is 0 Å². The molecule has 0 spiro atoms. The number of benzene rings is 1.